The fourth-order valence-corrected chi connectivity index (χ4v) is 1.72. The molecule has 0 rings (SSSR count). The highest BCUT2D eigenvalue weighted by atomic mass is 16.5. The minimum absolute atomic E-state index is 0.228. The standard InChI is InChI=1S/C16H26O3/c1-5-7-8-9-15(10-11-16(18)6-2)12-13(3)19-14(4)17/h10,12H,5-9,11H2,1-4H3/b13-12+,15-10-. The molecule has 0 fully saturated rings. The summed E-state index contributed by atoms with van der Waals surface area (Å²) in [6.07, 6.45) is 9.17. The van der Waals surface area contributed by atoms with Crippen LogP contribution in [-0.2, 0) is 14.3 Å². The quantitative estimate of drug-likeness (QED) is 0.270. The number of hydrogen-bond acceptors (Lipinski definition) is 3. The van der Waals surface area contributed by atoms with Gasteiger partial charge < -0.3 is 4.74 Å². The molecule has 0 saturated heterocycles. The summed E-state index contributed by atoms with van der Waals surface area (Å²) in [6, 6.07) is 0. The molecular weight excluding hydrogens is 240 g/mol. The Hall–Kier alpha value is -1.38. The van der Waals surface area contributed by atoms with Gasteiger partial charge in [0.05, 0.1) is 0 Å². The van der Waals surface area contributed by atoms with E-state index in [1.165, 1.54) is 13.3 Å². The summed E-state index contributed by atoms with van der Waals surface area (Å²) in [4.78, 5) is 22.2. The van der Waals surface area contributed by atoms with Gasteiger partial charge in [0.15, 0.2) is 0 Å². The summed E-state index contributed by atoms with van der Waals surface area (Å²) >= 11 is 0. The fraction of sp³-hybridized carbons (Fsp3) is 0.625. The van der Waals surface area contributed by atoms with Gasteiger partial charge >= 0.3 is 5.97 Å². The molecule has 0 saturated carbocycles. The molecule has 0 N–H and O–H groups in total. The van der Waals surface area contributed by atoms with Gasteiger partial charge in [-0.3, -0.25) is 9.59 Å². The summed E-state index contributed by atoms with van der Waals surface area (Å²) in [5.74, 6) is 0.497. The number of hydrogen-bond donors (Lipinski definition) is 0. The first-order valence-corrected chi connectivity index (χ1v) is 7.07. The van der Waals surface area contributed by atoms with Gasteiger partial charge in [0.2, 0.25) is 0 Å². The average Bonchev–Trinajstić information content (AvgIpc) is 2.34. The summed E-state index contributed by atoms with van der Waals surface area (Å²) in [6.45, 7) is 7.17. The van der Waals surface area contributed by atoms with E-state index in [1.807, 2.05) is 19.1 Å². The summed E-state index contributed by atoms with van der Waals surface area (Å²) in [5, 5.41) is 0. The van der Waals surface area contributed by atoms with Crippen molar-refractivity contribution in [3.05, 3.63) is 23.5 Å². The Morgan fingerprint density at radius 2 is 1.79 bits per heavy atom. The smallest absolute Gasteiger partial charge is 0.307 e. The summed E-state index contributed by atoms with van der Waals surface area (Å²) in [5.41, 5.74) is 1.08. The first-order valence-electron chi connectivity index (χ1n) is 7.07. The van der Waals surface area contributed by atoms with Crippen LogP contribution in [0.3, 0.4) is 0 Å². The lowest BCUT2D eigenvalue weighted by Gasteiger charge is -2.05. The zero-order valence-corrected chi connectivity index (χ0v) is 12.6. The molecular formula is C16H26O3. The summed E-state index contributed by atoms with van der Waals surface area (Å²) < 4.78 is 5.02. The van der Waals surface area contributed by atoms with E-state index in [4.69, 9.17) is 4.74 Å². The number of Topliss-reactive ketones (excluding diaryl/α,β-unsaturated/α-hetero) is 1. The molecule has 0 aliphatic heterocycles. The second-order valence-corrected chi connectivity index (χ2v) is 4.68. The van der Waals surface area contributed by atoms with E-state index in [0.29, 0.717) is 18.6 Å². The third kappa shape index (κ3) is 10.2. The van der Waals surface area contributed by atoms with Crippen LogP contribution in [0.5, 0.6) is 0 Å². The van der Waals surface area contributed by atoms with E-state index in [2.05, 4.69) is 6.92 Å². The zero-order valence-electron chi connectivity index (χ0n) is 12.6. The Morgan fingerprint density at radius 1 is 1.11 bits per heavy atom. The van der Waals surface area contributed by atoms with E-state index < -0.39 is 0 Å². The van der Waals surface area contributed by atoms with Crippen LogP contribution in [0.1, 0.15) is 66.2 Å². The van der Waals surface area contributed by atoms with Gasteiger partial charge in [0.25, 0.3) is 0 Å². The summed E-state index contributed by atoms with van der Waals surface area (Å²) in [7, 11) is 0. The molecule has 0 heterocycles. The number of unbranched alkanes of at least 4 members (excludes halogenated alkanes) is 2. The molecule has 0 spiro atoms. The lowest BCUT2D eigenvalue weighted by molar-refractivity contribution is -0.136. The Bertz CT molecular complexity index is 351. The highest BCUT2D eigenvalue weighted by molar-refractivity contribution is 5.79. The number of esters is 1. The molecule has 0 radical (unpaired) electrons. The fourth-order valence-electron chi connectivity index (χ4n) is 1.72. The molecule has 0 bridgehead atoms. The van der Waals surface area contributed by atoms with Crippen LogP contribution in [0.4, 0.5) is 0 Å². The predicted octanol–water partition coefficient (Wildman–Crippen LogP) is 4.33. The van der Waals surface area contributed by atoms with Crippen LogP contribution >= 0.6 is 0 Å². The normalized spacial score (nSPS) is 12.4. The SMILES string of the molecule is CCCCCC(=C/CC(=O)CC)/C=C(\C)OC(C)=O. The second kappa shape index (κ2) is 10.5. The van der Waals surface area contributed by atoms with Crippen molar-refractivity contribution in [2.45, 2.75) is 66.2 Å². The van der Waals surface area contributed by atoms with Crippen molar-refractivity contribution in [3.63, 3.8) is 0 Å². The highest BCUT2D eigenvalue weighted by Gasteiger charge is 2.01. The number of allylic oxidation sites excluding steroid dienone is 4. The molecule has 0 amide bonds. The number of rotatable bonds is 9. The minimum atomic E-state index is -0.314. The molecule has 3 nitrogen and oxygen atoms in total. The van der Waals surface area contributed by atoms with Gasteiger partial charge in [0.1, 0.15) is 11.5 Å². The topological polar surface area (TPSA) is 43.4 Å². The molecule has 0 aromatic heterocycles. The molecule has 108 valence electrons. The van der Waals surface area contributed by atoms with Crippen molar-refractivity contribution >= 4 is 11.8 Å². The van der Waals surface area contributed by atoms with Crippen molar-refractivity contribution < 1.29 is 14.3 Å². The molecule has 0 aliphatic rings. The average molecular weight is 266 g/mol. The van der Waals surface area contributed by atoms with Gasteiger partial charge in [-0.1, -0.05) is 32.8 Å². The number of ketones is 1. The van der Waals surface area contributed by atoms with Gasteiger partial charge in [-0.25, -0.2) is 0 Å². The molecule has 0 unspecified atom stereocenters. The predicted molar refractivity (Wildman–Crippen MR) is 77.7 cm³/mol. The third-order valence-electron chi connectivity index (χ3n) is 2.75. The Kier molecular flexibility index (Phi) is 9.77. The van der Waals surface area contributed by atoms with Crippen LogP contribution in [0, 0.1) is 0 Å². The molecule has 3 heteroatoms. The number of ether oxygens (including phenoxy) is 1. The van der Waals surface area contributed by atoms with E-state index in [0.717, 1.165) is 24.8 Å². The van der Waals surface area contributed by atoms with Crippen LogP contribution in [0.2, 0.25) is 0 Å². The maximum atomic E-state index is 11.4. The maximum absolute atomic E-state index is 11.4. The van der Waals surface area contributed by atoms with E-state index in [1.54, 1.807) is 6.92 Å². The van der Waals surface area contributed by atoms with Crippen molar-refractivity contribution in [2.24, 2.45) is 0 Å². The Labute approximate surface area is 116 Å². The molecule has 0 atom stereocenters. The van der Waals surface area contributed by atoms with Crippen molar-refractivity contribution in [1.29, 1.82) is 0 Å². The molecule has 0 aromatic rings. The van der Waals surface area contributed by atoms with Crippen LogP contribution in [0.15, 0.2) is 23.5 Å². The van der Waals surface area contributed by atoms with Crippen LogP contribution in [0.25, 0.3) is 0 Å². The third-order valence-corrected chi connectivity index (χ3v) is 2.75. The van der Waals surface area contributed by atoms with Gasteiger partial charge in [-0.05, 0) is 31.4 Å². The van der Waals surface area contributed by atoms with Crippen molar-refractivity contribution in [1.82, 2.24) is 0 Å². The lowest BCUT2D eigenvalue weighted by atomic mass is 10.0. The monoisotopic (exact) mass is 266 g/mol. The number of carbonyl (C=O) groups excluding carboxylic acids is 2. The first-order chi connectivity index (χ1) is 8.99. The highest BCUT2D eigenvalue weighted by Crippen LogP contribution is 2.14. The second-order valence-electron chi connectivity index (χ2n) is 4.68. The minimum Gasteiger partial charge on any atom is -0.432 e. The van der Waals surface area contributed by atoms with Crippen LogP contribution < -0.4 is 0 Å². The Morgan fingerprint density at radius 3 is 2.32 bits per heavy atom. The van der Waals surface area contributed by atoms with E-state index in [9.17, 15) is 9.59 Å². The largest absolute Gasteiger partial charge is 0.432 e. The maximum Gasteiger partial charge on any atom is 0.307 e. The van der Waals surface area contributed by atoms with Gasteiger partial charge in [-0.2, -0.15) is 0 Å². The van der Waals surface area contributed by atoms with E-state index in [-0.39, 0.29) is 11.8 Å². The first kappa shape index (κ1) is 17.6. The molecule has 0 aliphatic carbocycles. The molecule has 0 aromatic carbocycles. The van der Waals surface area contributed by atoms with Gasteiger partial charge in [0, 0.05) is 19.8 Å². The zero-order chi connectivity index (χ0) is 14.7. The Balaban J connectivity index is 4.64. The van der Waals surface area contributed by atoms with Crippen molar-refractivity contribution in [2.75, 3.05) is 0 Å². The van der Waals surface area contributed by atoms with Gasteiger partial charge in [-0.15, -0.1) is 0 Å². The van der Waals surface area contributed by atoms with E-state index >= 15 is 0 Å². The number of carbonyl (C=O) groups is 2. The molecule has 19 heavy (non-hydrogen) atoms. The lowest BCUT2D eigenvalue weighted by Crippen LogP contribution is -1.97. The van der Waals surface area contributed by atoms with Crippen molar-refractivity contribution in [3.8, 4) is 0 Å². The van der Waals surface area contributed by atoms with Crippen LogP contribution in [-0.4, -0.2) is 11.8 Å².